The van der Waals surface area contributed by atoms with Gasteiger partial charge in [0.15, 0.2) is 0 Å². The van der Waals surface area contributed by atoms with Crippen LogP contribution in [0.2, 0.25) is 0 Å². The molecule has 1 atom stereocenters. The molecule has 1 amide bonds. The number of halogens is 1. The standard InChI is InChI=1S/C19H23BrN2O3S2/c1-22(14-15-8-10-16(20)11-9-15)19(23)18(12-13-26-2)21-27(24,25)17-6-4-3-5-7-17/h3-11,18,21H,12-14H2,1-2H3. The SMILES string of the molecule is CSCCC(NS(=O)(=O)c1ccccc1)C(=O)N(C)Cc1ccc(Br)cc1. The molecule has 0 fully saturated rings. The molecule has 8 heteroatoms. The van der Waals surface area contributed by atoms with Crippen LogP contribution >= 0.6 is 27.7 Å². The van der Waals surface area contributed by atoms with Crippen LogP contribution in [0.3, 0.4) is 0 Å². The number of hydrogen-bond acceptors (Lipinski definition) is 4. The maximum atomic E-state index is 12.9. The van der Waals surface area contributed by atoms with Crippen molar-refractivity contribution < 1.29 is 13.2 Å². The zero-order valence-electron chi connectivity index (χ0n) is 15.3. The molecule has 0 aliphatic heterocycles. The summed E-state index contributed by atoms with van der Waals surface area (Å²) in [5.41, 5.74) is 0.976. The lowest BCUT2D eigenvalue weighted by Crippen LogP contribution is -2.47. The number of hydrogen-bond donors (Lipinski definition) is 1. The van der Waals surface area contributed by atoms with Crippen molar-refractivity contribution in [3.63, 3.8) is 0 Å². The lowest BCUT2D eigenvalue weighted by Gasteiger charge is -2.24. The smallest absolute Gasteiger partial charge is 0.241 e. The van der Waals surface area contributed by atoms with Crippen molar-refractivity contribution in [1.29, 1.82) is 0 Å². The first kappa shape index (κ1) is 21.9. The van der Waals surface area contributed by atoms with Gasteiger partial charge in [-0.25, -0.2) is 8.42 Å². The molecular formula is C19H23BrN2O3S2. The van der Waals surface area contributed by atoms with Crippen molar-refractivity contribution in [2.24, 2.45) is 0 Å². The fourth-order valence-electron chi connectivity index (χ4n) is 2.53. The van der Waals surface area contributed by atoms with Gasteiger partial charge in [-0.15, -0.1) is 0 Å². The third kappa shape index (κ3) is 6.64. The molecule has 0 saturated heterocycles. The van der Waals surface area contributed by atoms with Gasteiger partial charge in [-0.3, -0.25) is 4.79 Å². The molecule has 146 valence electrons. The number of likely N-dealkylation sites (N-methyl/N-ethyl adjacent to an activating group) is 1. The highest BCUT2D eigenvalue weighted by atomic mass is 79.9. The van der Waals surface area contributed by atoms with Gasteiger partial charge in [0.1, 0.15) is 6.04 Å². The first-order valence-corrected chi connectivity index (χ1v) is 12.1. The summed E-state index contributed by atoms with van der Waals surface area (Å²) >= 11 is 4.96. The molecule has 0 bridgehead atoms. The van der Waals surface area contributed by atoms with Crippen LogP contribution in [0, 0.1) is 0 Å². The molecule has 1 N–H and O–H groups in total. The van der Waals surface area contributed by atoms with Gasteiger partial charge >= 0.3 is 0 Å². The summed E-state index contributed by atoms with van der Waals surface area (Å²) in [6.45, 7) is 0.412. The molecule has 5 nitrogen and oxygen atoms in total. The highest BCUT2D eigenvalue weighted by molar-refractivity contribution is 9.10. The average molecular weight is 471 g/mol. The van der Waals surface area contributed by atoms with Gasteiger partial charge < -0.3 is 4.90 Å². The third-order valence-corrected chi connectivity index (χ3v) is 6.63. The molecule has 2 aromatic rings. The van der Waals surface area contributed by atoms with Crippen LogP contribution in [0.4, 0.5) is 0 Å². The minimum Gasteiger partial charge on any atom is -0.340 e. The van der Waals surface area contributed by atoms with Crippen molar-refractivity contribution in [2.75, 3.05) is 19.1 Å². The molecule has 0 spiro atoms. The van der Waals surface area contributed by atoms with E-state index in [1.807, 2.05) is 30.5 Å². The van der Waals surface area contributed by atoms with E-state index in [2.05, 4.69) is 20.7 Å². The van der Waals surface area contributed by atoms with E-state index < -0.39 is 16.1 Å². The summed E-state index contributed by atoms with van der Waals surface area (Å²) in [6, 6.07) is 15.0. The highest BCUT2D eigenvalue weighted by Crippen LogP contribution is 2.15. The van der Waals surface area contributed by atoms with Gasteiger partial charge in [0.05, 0.1) is 4.90 Å². The molecular weight excluding hydrogens is 448 g/mol. The van der Waals surface area contributed by atoms with Gasteiger partial charge in [-0.2, -0.15) is 16.5 Å². The van der Waals surface area contributed by atoms with E-state index in [1.54, 1.807) is 41.9 Å². The quantitative estimate of drug-likeness (QED) is 0.608. The van der Waals surface area contributed by atoms with E-state index in [1.165, 1.54) is 12.1 Å². The fraction of sp³-hybridized carbons (Fsp3) is 0.316. The van der Waals surface area contributed by atoms with Crippen LogP contribution in [0.1, 0.15) is 12.0 Å². The van der Waals surface area contributed by atoms with Crippen LogP contribution in [0.5, 0.6) is 0 Å². The third-order valence-electron chi connectivity index (χ3n) is 3.97. The van der Waals surface area contributed by atoms with Crippen LogP contribution in [-0.2, 0) is 21.4 Å². The van der Waals surface area contributed by atoms with Crippen molar-refractivity contribution >= 4 is 43.6 Å². The Morgan fingerprint density at radius 3 is 2.37 bits per heavy atom. The predicted molar refractivity (Wildman–Crippen MR) is 114 cm³/mol. The second kappa shape index (κ2) is 10.3. The van der Waals surface area contributed by atoms with Gasteiger partial charge in [0.25, 0.3) is 0 Å². The number of amides is 1. The second-order valence-electron chi connectivity index (χ2n) is 6.09. The first-order chi connectivity index (χ1) is 12.8. The summed E-state index contributed by atoms with van der Waals surface area (Å²) in [5, 5.41) is 0. The molecule has 27 heavy (non-hydrogen) atoms. The average Bonchev–Trinajstić information content (AvgIpc) is 2.67. The number of nitrogens with zero attached hydrogens (tertiary/aromatic N) is 1. The van der Waals surface area contributed by atoms with Crippen LogP contribution in [0.25, 0.3) is 0 Å². The highest BCUT2D eigenvalue weighted by Gasteiger charge is 2.27. The van der Waals surface area contributed by atoms with Gasteiger partial charge in [-0.1, -0.05) is 46.3 Å². The van der Waals surface area contributed by atoms with Crippen molar-refractivity contribution in [3.05, 3.63) is 64.6 Å². The van der Waals surface area contributed by atoms with E-state index in [0.29, 0.717) is 18.7 Å². The summed E-state index contributed by atoms with van der Waals surface area (Å²) in [6.07, 6.45) is 2.36. The van der Waals surface area contributed by atoms with E-state index in [4.69, 9.17) is 0 Å². The molecule has 0 aliphatic carbocycles. The van der Waals surface area contributed by atoms with E-state index in [9.17, 15) is 13.2 Å². The Kier molecular flexibility index (Phi) is 8.34. The topological polar surface area (TPSA) is 66.5 Å². The predicted octanol–water partition coefficient (Wildman–Crippen LogP) is 3.51. The number of benzene rings is 2. The lowest BCUT2D eigenvalue weighted by molar-refractivity contribution is -0.132. The molecule has 2 aromatic carbocycles. The van der Waals surface area contributed by atoms with Crippen molar-refractivity contribution in [3.8, 4) is 0 Å². The monoisotopic (exact) mass is 470 g/mol. The summed E-state index contributed by atoms with van der Waals surface area (Å²) in [7, 11) is -2.07. The summed E-state index contributed by atoms with van der Waals surface area (Å²) in [4.78, 5) is 14.6. The maximum absolute atomic E-state index is 12.9. The Labute approximate surface area is 173 Å². The van der Waals surface area contributed by atoms with Gasteiger partial charge in [0, 0.05) is 18.1 Å². The number of carbonyl (C=O) groups excluding carboxylic acids is 1. The molecule has 2 rings (SSSR count). The van der Waals surface area contributed by atoms with E-state index in [0.717, 1.165) is 10.0 Å². The number of rotatable bonds is 9. The Morgan fingerprint density at radius 2 is 1.78 bits per heavy atom. The molecule has 0 radical (unpaired) electrons. The lowest BCUT2D eigenvalue weighted by atomic mass is 10.2. The largest absolute Gasteiger partial charge is 0.340 e. The second-order valence-corrected chi connectivity index (χ2v) is 9.70. The van der Waals surface area contributed by atoms with E-state index in [-0.39, 0.29) is 10.8 Å². The molecule has 0 heterocycles. The van der Waals surface area contributed by atoms with E-state index >= 15 is 0 Å². The van der Waals surface area contributed by atoms with Gasteiger partial charge in [-0.05, 0) is 48.3 Å². The van der Waals surface area contributed by atoms with Crippen molar-refractivity contribution in [1.82, 2.24) is 9.62 Å². The minimum absolute atomic E-state index is 0.155. The Bertz CT molecular complexity index is 843. The molecule has 1 unspecified atom stereocenters. The molecule has 0 saturated carbocycles. The number of nitrogens with one attached hydrogen (secondary N) is 1. The molecule has 0 aliphatic rings. The Hall–Kier alpha value is -1.35. The maximum Gasteiger partial charge on any atom is 0.241 e. The zero-order chi connectivity index (χ0) is 19.9. The minimum atomic E-state index is -3.76. The van der Waals surface area contributed by atoms with Crippen LogP contribution in [0.15, 0.2) is 64.0 Å². The summed E-state index contributed by atoms with van der Waals surface area (Å²) < 4.78 is 28.8. The Balaban J connectivity index is 2.14. The normalized spacial score (nSPS) is 12.6. The molecule has 0 aromatic heterocycles. The fourth-order valence-corrected chi connectivity index (χ4v) is 4.51. The Morgan fingerprint density at radius 1 is 1.15 bits per heavy atom. The zero-order valence-corrected chi connectivity index (χ0v) is 18.5. The first-order valence-electron chi connectivity index (χ1n) is 8.39. The summed E-state index contributed by atoms with van der Waals surface area (Å²) in [5.74, 6) is 0.436. The number of thioether (sulfide) groups is 1. The number of carbonyl (C=O) groups is 1. The van der Waals surface area contributed by atoms with Crippen molar-refractivity contribution in [2.45, 2.75) is 23.9 Å². The van der Waals surface area contributed by atoms with Crippen LogP contribution < -0.4 is 4.72 Å². The van der Waals surface area contributed by atoms with Crippen LogP contribution in [-0.4, -0.2) is 44.3 Å². The van der Waals surface area contributed by atoms with Gasteiger partial charge in [0.2, 0.25) is 15.9 Å². The number of sulfonamides is 1.